The molecule has 0 bridgehead atoms. The van der Waals surface area contributed by atoms with Crippen LogP contribution < -0.4 is 5.32 Å². The van der Waals surface area contributed by atoms with Gasteiger partial charge in [0, 0.05) is 19.3 Å². The maximum absolute atomic E-state index is 5.63. The summed E-state index contributed by atoms with van der Waals surface area (Å²) in [5, 5.41) is 3.28. The molecule has 0 saturated carbocycles. The van der Waals surface area contributed by atoms with E-state index in [1.165, 1.54) is 18.4 Å². The highest BCUT2D eigenvalue weighted by Gasteiger charge is 1.97. The number of aromatic nitrogens is 1. The zero-order valence-corrected chi connectivity index (χ0v) is 11.0. The molecular formula is C14H24N2O. The van der Waals surface area contributed by atoms with Crippen LogP contribution in [0.5, 0.6) is 0 Å². The standard InChI is InChI=1S/C14H24N2O/c1-3-5-6-10-17-12-13-7-9-16-14(11-13)15-8-4-2/h7,9,11H,3-6,8,10,12H2,1-2H3,(H,15,16). The van der Waals surface area contributed by atoms with E-state index in [2.05, 4.69) is 30.2 Å². The third-order valence-electron chi connectivity index (χ3n) is 2.54. The van der Waals surface area contributed by atoms with Gasteiger partial charge in [-0.15, -0.1) is 0 Å². The lowest BCUT2D eigenvalue weighted by atomic mass is 10.2. The van der Waals surface area contributed by atoms with Gasteiger partial charge in [0.15, 0.2) is 0 Å². The topological polar surface area (TPSA) is 34.1 Å². The number of anilines is 1. The summed E-state index contributed by atoms with van der Waals surface area (Å²) < 4.78 is 5.63. The molecule has 0 fully saturated rings. The molecule has 0 unspecified atom stereocenters. The molecule has 0 amide bonds. The second kappa shape index (κ2) is 8.99. The Morgan fingerprint density at radius 2 is 2.12 bits per heavy atom. The van der Waals surface area contributed by atoms with Gasteiger partial charge in [-0.2, -0.15) is 0 Å². The highest BCUT2D eigenvalue weighted by atomic mass is 16.5. The zero-order chi connectivity index (χ0) is 12.3. The third-order valence-corrected chi connectivity index (χ3v) is 2.54. The minimum absolute atomic E-state index is 0.688. The fourth-order valence-electron chi connectivity index (χ4n) is 1.56. The van der Waals surface area contributed by atoms with Gasteiger partial charge < -0.3 is 10.1 Å². The molecule has 1 heterocycles. The molecule has 0 aliphatic rings. The van der Waals surface area contributed by atoms with E-state index in [1.807, 2.05) is 12.3 Å². The smallest absolute Gasteiger partial charge is 0.126 e. The van der Waals surface area contributed by atoms with E-state index in [0.29, 0.717) is 6.61 Å². The maximum atomic E-state index is 5.63. The monoisotopic (exact) mass is 236 g/mol. The van der Waals surface area contributed by atoms with E-state index >= 15 is 0 Å². The molecule has 3 heteroatoms. The number of hydrogen-bond acceptors (Lipinski definition) is 3. The average molecular weight is 236 g/mol. The Balaban J connectivity index is 2.27. The van der Waals surface area contributed by atoms with E-state index in [-0.39, 0.29) is 0 Å². The molecule has 3 nitrogen and oxygen atoms in total. The van der Waals surface area contributed by atoms with Crippen molar-refractivity contribution in [2.24, 2.45) is 0 Å². The second-order valence-corrected chi connectivity index (χ2v) is 4.24. The van der Waals surface area contributed by atoms with Gasteiger partial charge in [0.05, 0.1) is 6.61 Å². The van der Waals surface area contributed by atoms with Crippen LogP contribution in [0.1, 0.15) is 45.1 Å². The lowest BCUT2D eigenvalue weighted by molar-refractivity contribution is 0.117. The number of rotatable bonds is 9. The Morgan fingerprint density at radius 1 is 1.24 bits per heavy atom. The predicted octanol–water partition coefficient (Wildman–Crippen LogP) is 3.61. The van der Waals surface area contributed by atoms with Crippen LogP contribution in [0.15, 0.2) is 18.3 Å². The van der Waals surface area contributed by atoms with Gasteiger partial charge in [-0.25, -0.2) is 4.98 Å². The molecule has 1 aromatic rings. The average Bonchev–Trinajstić information content (AvgIpc) is 2.37. The van der Waals surface area contributed by atoms with Crippen LogP contribution in [0.25, 0.3) is 0 Å². The number of pyridine rings is 1. The van der Waals surface area contributed by atoms with E-state index in [1.54, 1.807) is 0 Å². The lowest BCUT2D eigenvalue weighted by Crippen LogP contribution is -2.03. The molecule has 0 aliphatic heterocycles. The van der Waals surface area contributed by atoms with Crippen molar-refractivity contribution in [1.29, 1.82) is 0 Å². The molecule has 0 atom stereocenters. The minimum atomic E-state index is 0.688. The number of nitrogens with one attached hydrogen (secondary N) is 1. The van der Waals surface area contributed by atoms with Crippen LogP contribution in [-0.4, -0.2) is 18.1 Å². The molecule has 1 rings (SSSR count). The van der Waals surface area contributed by atoms with Crippen molar-refractivity contribution in [3.8, 4) is 0 Å². The summed E-state index contributed by atoms with van der Waals surface area (Å²) in [7, 11) is 0. The van der Waals surface area contributed by atoms with Crippen LogP contribution >= 0.6 is 0 Å². The van der Waals surface area contributed by atoms with Crippen LogP contribution in [0.4, 0.5) is 5.82 Å². The van der Waals surface area contributed by atoms with Gasteiger partial charge in [-0.05, 0) is 30.5 Å². The molecule has 0 aliphatic carbocycles. The van der Waals surface area contributed by atoms with Crippen molar-refractivity contribution in [2.75, 3.05) is 18.5 Å². The predicted molar refractivity (Wildman–Crippen MR) is 72.2 cm³/mol. The van der Waals surface area contributed by atoms with Crippen molar-refractivity contribution >= 4 is 5.82 Å². The highest BCUT2D eigenvalue weighted by molar-refractivity contribution is 5.37. The number of unbranched alkanes of at least 4 members (excludes halogenated alkanes) is 2. The van der Waals surface area contributed by atoms with E-state index in [0.717, 1.165) is 31.8 Å². The Kier molecular flexibility index (Phi) is 7.39. The largest absolute Gasteiger partial charge is 0.377 e. The number of ether oxygens (including phenoxy) is 1. The molecule has 0 aromatic carbocycles. The SMILES string of the molecule is CCCCCOCc1ccnc(NCCC)c1. The first-order valence-electron chi connectivity index (χ1n) is 6.63. The number of hydrogen-bond donors (Lipinski definition) is 1. The van der Waals surface area contributed by atoms with Gasteiger partial charge in [0.2, 0.25) is 0 Å². The first kappa shape index (κ1) is 14.0. The first-order valence-corrected chi connectivity index (χ1v) is 6.63. The Hall–Kier alpha value is -1.09. The van der Waals surface area contributed by atoms with Crippen LogP contribution in [-0.2, 0) is 11.3 Å². The molecule has 1 aromatic heterocycles. The molecule has 0 saturated heterocycles. The Bertz CT molecular complexity index is 302. The van der Waals surface area contributed by atoms with Gasteiger partial charge in [-0.1, -0.05) is 26.7 Å². The second-order valence-electron chi connectivity index (χ2n) is 4.24. The minimum Gasteiger partial charge on any atom is -0.377 e. The summed E-state index contributed by atoms with van der Waals surface area (Å²) in [5.41, 5.74) is 1.19. The molecular weight excluding hydrogens is 212 g/mol. The lowest BCUT2D eigenvalue weighted by Gasteiger charge is -2.07. The van der Waals surface area contributed by atoms with Gasteiger partial charge >= 0.3 is 0 Å². The Morgan fingerprint density at radius 3 is 2.88 bits per heavy atom. The molecule has 96 valence electrons. The van der Waals surface area contributed by atoms with Gasteiger partial charge in [0.1, 0.15) is 5.82 Å². The summed E-state index contributed by atoms with van der Waals surface area (Å²) in [6.07, 6.45) is 6.59. The zero-order valence-electron chi connectivity index (χ0n) is 11.0. The normalized spacial score (nSPS) is 10.5. The number of nitrogens with zero attached hydrogens (tertiary/aromatic N) is 1. The summed E-state index contributed by atoms with van der Waals surface area (Å²) in [6.45, 7) is 6.86. The molecule has 1 N–H and O–H groups in total. The molecule has 17 heavy (non-hydrogen) atoms. The fraction of sp³-hybridized carbons (Fsp3) is 0.643. The van der Waals surface area contributed by atoms with Crippen molar-refractivity contribution < 1.29 is 4.74 Å². The van der Waals surface area contributed by atoms with Crippen molar-refractivity contribution in [2.45, 2.75) is 46.1 Å². The summed E-state index contributed by atoms with van der Waals surface area (Å²) in [6, 6.07) is 4.08. The summed E-state index contributed by atoms with van der Waals surface area (Å²) in [5.74, 6) is 0.946. The van der Waals surface area contributed by atoms with Crippen molar-refractivity contribution in [3.63, 3.8) is 0 Å². The van der Waals surface area contributed by atoms with Crippen molar-refractivity contribution in [3.05, 3.63) is 23.9 Å². The maximum Gasteiger partial charge on any atom is 0.126 e. The highest BCUT2D eigenvalue weighted by Crippen LogP contribution is 2.08. The van der Waals surface area contributed by atoms with E-state index < -0.39 is 0 Å². The van der Waals surface area contributed by atoms with Crippen molar-refractivity contribution in [1.82, 2.24) is 4.98 Å². The summed E-state index contributed by atoms with van der Waals surface area (Å²) >= 11 is 0. The third kappa shape index (κ3) is 6.27. The van der Waals surface area contributed by atoms with Gasteiger partial charge in [0.25, 0.3) is 0 Å². The quantitative estimate of drug-likeness (QED) is 0.665. The van der Waals surface area contributed by atoms with Crippen LogP contribution in [0.3, 0.4) is 0 Å². The van der Waals surface area contributed by atoms with Crippen LogP contribution in [0.2, 0.25) is 0 Å². The fourth-order valence-corrected chi connectivity index (χ4v) is 1.56. The first-order chi connectivity index (χ1) is 8.36. The molecule has 0 spiro atoms. The van der Waals surface area contributed by atoms with E-state index in [4.69, 9.17) is 4.74 Å². The van der Waals surface area contributed by atoms with Gasteiger partial charge in [-0.3, -0.25) is 0 Å². The molecule has 0 radical (unpaired) electrons. The Labute approximate surface area is 105 Å². The summed E-state index contributed by atoms with van der Waals surface area (Å²) in [4.78, 5) is 4.27. The van der Waals surface area contributed by atoms with Crippen LogP contribution in [0, 0.1) is 0 Å². The van der Waals surface area contributed by atoms with E-state index in [9.17, 15) is 0 Å².